The molecule has 102 valence electrons. The Labute approximate surface area is 110 Å². The summed E-state index contributed by atoms with van der Waals surface area (Å²) < 4.78 is 4.87. The number of carbonyl (C=O) groups excluding carboxylic acids is 1. The van der Waals surface area contributed by atoms with Gasteiger partial charge in [0.1, 0.15) is 6.04 Å². The fourth-order valence-corrected chi connectivity index (χ4v) is 1.87. The predicted octanol–water partition coefficient (Wildman–Crippen LogP) is 0.994. The molecule has 6 nitrogen and oxygen atoms in total. The molecule has 1 amide bonds. The monoisotopic (exact) mass is 265 g/mol. The molecule has 1 aromatic rings. The molecule has 1 fully saturated rings. The van der Waals surface area contributed by atoms with Crippen LogP contribution in [0.2, 0.25) is 0 Å². The molecule has 6 heteroatoms. The van der Waals surface area contributed by atoms with Gasteiger partial charge in [-0.15, -0.1) is 0 Å². The van der Waals surface area contributed by atoms with Gasteiger partial charge in [0.2, 0.25) is 0 Å². The average molecular weight is 265 g/mol. The number of ether oxygens (including phenoxy) is 1. The number of amides is 1. The zero-order valence-electron chi connectivity index (χ0n) is 10.4. The van der Waals surface area contributed by atoms with Crippen LogP contribution >= 0.6 is 0 Å². The van der Waals surface area contributed by atoms with Crippen molar-refractivity contribution in [1.82, 2.24) is 5.32 Å². The minimum atomic E-state index is -1.03. The molecule has 1 atom stereocenters. The number of methoxy groups -OCH3 is 1. The molecule has 1 aromatic carbocycles. The van der Waals surface area contributed by atoms with Crippen molar-refractivity contribution in [3.8, 4) is 11.5 Å². The Bertz CT molecular complexity index is 510. The van der Waals surface area contributed by atoms with Crippen LogP contribution in [0.1, 0.15) is 23.2 Å². The molecule has 0 aromatic heterocycles. The molecule has 0 heterocycles. The molecule has 1 aliphatic carbocycles. The second kappa shape index (κ2) is 5.17. The van der Waals surface area contributed by atoms with Gasteiger partial charge in [0.25, 0.3) is 5.91 Å². The Balaban J connectivity index is 2.10. The van der Waals surface area contributed by atoms with Crippen molar-refractivity contribution >= 4 is 11.9 Å². The van der Waals surface area contributed by atoms with Crippen molar-refractivity contribution in [2.75, 3.05) is 7.11 Å². The number of phenols is 1. The SMILES string of the molecule is COc1ccc(C(=O)NC(C(=O)O)C2CC2)cc1O. The Morgan fingerprint density at radius 2 is 2.11 bits per heavy atom. The summed E-state index contributed by atoms with van der Waals surface area (Å²) in [5.74, 6) is -1.44. The fraction of sp³-hybridized carbons (Fsp3) is 0.385. The number of aromatic hydroxyl groups is 1. The predicted molar refractivity (Wildman–Crippen MR) is 66.3 cm³/mol. The van der Waals surface area contributed by atoms with Crippen molar-refractivity contribution in [3.05, 3.63) is 23.8 Å². The minimum Gasteiger partial charge on any atom is -0.504 e. The van der Waals surface area contributed by atoms with Crippen LogP contribution in [-0.2, 0) is 4.79 Å². The van der Waals surface area contributed by atoms with Gasteiger partial charge in [0, 0.05) is 5.56 Å². The van der Waals surface area contributed by atoms with Gasteiger partial charge in [0.15, 0.2) is 11.5 Å². The summed E-state index contributed by atoms with van der Waals surface area (Å²) in [7, 11) is 1.41. The lowest BCUT2D eigenvalue weighted by molar-refractivity contribution is -0.139. The first-order valence-electron chi connectivity index (χ1n) is 5.93. The van der Waals surface area contributed by atoms with E-state index in [4.69, 9.17) is 9.84 Å². The fourth-order valence-electron chi connectivity index (χ4n) is 1.87. The highest BCUT2D eigenvalue weighted by Gasteiger charge is 2.37. The van der Waals surface area contributed by atoms with Gasteiger partial charge in [-0.2, -0.15) is 0 Å². The summed E-state index contributed by atoms with van der Waals surface area (Å²) in [6, 6.07) is 3.31. The van der Waals surface area contributed by atoms with Crippen LogP contribution in [0.3, 0.4) is 0 Å². The van der Waals surface area contributed by atoms with Gasteiger partial charge in [0.05, 0.1) is 7.11 Å². The molecule has 0 radical (unpaired) electrons. The number of hydrogen-bond acceptors (Lipinski definition) is 4. The lowest BCUT2D eigenvalue weighted by atomic mass is 10.1. The third kappa shape index (κ3) is 2.96. The summed E-state index contributed by atoms with van der Waals surface area (Å²) >= 11 is 0. The summed E-state index contributed by atoms with van der Waals surface area (Å²) in [6.45, 7) is 0. The van der Waals surface area contributed by atoms with Crippen molar-refractivity contribution < 1.29 is 24.5 Å². The third-order valence-electron chi connectivity index (χ3n) is 3.09. The van der Waals surface area contributed by atoms with Crippen LogP contribution in [0.25, 0.3) is 0 Å². The molecule has 3 N–H and O–H groups in total. The molecule has 1 saturated carbocycles. The van der Waals surface area contributed by atoms with Gasteiger partial charge in [-0.3, -0.25) is 4.79 Å². The van der Waals surface area contributed by atoms with E-state index in [1.54, 1.807) is 0 Å². The van der Waals surface area contributed by atoms with Gasteiger partial charge >= 0.3 is 5.97 Å². The maximum Gasteiger partial charge on any atom is 0.326 e. The molecule has 2 rings (SSSR count). The van der Waals surface area contributed by atoms with Gasteiger partial charge in [-0.1, -0.05) is 0 Å². The zero-order chi connectivity index (χ0) is 14.0. The Kier molecular flexibility index (Phi) is 3.59. The Hall–Kier alpha value is -2.24. The van der Waals surface area contributed by atoms with Gasteiger partial charge in [-0.05, 0) is 37.0 Å². The van der Waals surface area contributed by atoms with Gasteiger partial charge < -0.3 is 20.3 Å². The number of hydrogen-bond donors (Lipinski definition) is 3. The topological polar surface area (TPSA) is 95.9 Å². The molecule has 1 aliphatic rings. The highest BCUT2D eigenvalue weighted by Crippen LogP contribution is 2.33. The molecule has 1 unspecified atom stereocenters. The molecule has 19 heavy (non-hydrogen) atoms. The molecule has 0 bridgehead atoms. The summed E-state index contributed by atoms with van der Waals surface area (Å²) in [5, 5.41) is 21.1. The lowest BCUT2D eigenvalue weighted by Crippen LogP contribution is -2.42. The van der Waals surface area contributed by atoms with Crippen molar-refractivity contribution in [2.24, 2.45) is 5.92 Å². The van der Waals surface area contributed by atoms with Crippen LogP contribution in [0.4, 0.5) is 0 Å². The zero-order valence-corrected chi connectivity index (χ0v) is 10.4. The highest BCUT2D eigenvalue weighted by atomic mass is 16.5. The minimum absolute atomic E-state index is 0.00768. The van der Waals surface area contributed by atoms with Crippen LogP contribution < -0.4 is 10.1 Å². The third-order valence-corrected chi connectivity index (χ3v) is 3.09. The van der Waals surface area contributed by atoms with Crippen LogP contribution in [0.15, 0.2) is 18.2 Å². The van der Waals surface area contributed by atoms with Crippen molar-refractivity contribution in [1.29, 1.82) is 0 Å². The number of nitrogens with one attached hydrogen (secondary N) is 1. The molecular weight excluding hydrogens is 250 g/mol. The average Bonchev–Trinajstić information content (AvgIpc) is 3.19. The van der Waals surface area contributed by atoms with Crippen molar-refractivity contribution in [2.45, 2.75) is 18.9 Å². The standard InChI is InChI=1S/C13H15NO5/c1-19-10-5-4-8(6-9(10)15)12(16)14-11(13(17)18)7-2-3-7/h4-7,11,15H,2-3H2,1H3,(H,14,16)(H,17,18). The smallest absolute Gasteiger partial charge is 0.326 e. The summed E-state index contributed by atoms with van der Waals surface area (Å²) in [5.41, 5.74) is 0.199. The summed E-state index contributed by atoms with van der Waals surface area (Å²) in [6.07, 6.45) is 1.62. The molecular formula is C13H15NO5. The largest absolute Gasteiger partial charge is 0.504 e. The summed E-state index contributed by atoms with van der Waals surface area (Å²) in [4.78, 5) is 22.9. The Morgan fingerprint density at radius 3 is 2.58 bits per heavy atom. The van der Waals surface area contributed by atoms with Crippen molar-refractivity contribution in [3.63, 3.8) is 0 Å². The first-order chi connectivity index (χ1) is 9.02. The molecule has 0 aliphatic heterocycles. The van der Waals surface area contributed by atoms with Crippen LogP contribution in [-0.4, -0.2) is 35.2 Å². The van der Waals surface area contributed by atoms with Gasteiger partial charge in [-0.25, -0.2) is 4.79 Å². The van der Waals surface area contributed by atoms with E-state index in [0.29, 0.717) is 0 Å². The maximum absolute atomic E-state index is 11.9. The number of carbonyl (C=O) groups is 2. The number of carboxylic acids is 1. The number of benzene rings is 1. The van der Waals surface area contributed by atoms with E-state index < -0.39 is 17.9 Å². The maximum atomic E-state index is 11.9. The van der Waals surface area contributed by atoms with E-state index in [1.807, 2.05) is 0 Å². The molecule has 0 spiro atoms. The van der Waals surface area contributed by atoms with Crippen LogP contribution in [0, 0.1) is 5.92 Å². The van der Waals surface area contributed by atoms with E-state index in [1.165, 1.54) is 25.3 Å². The van der Waals surface area contributed by atoms with E-state index in [-0.39, 0.29) is 23.0 Å². The number of rotatable bonds is 5. The van der Waals surface area contributed by atoms with E-state index in [0.717, 1.165) is 12.8 Å². The Morgan fingerprint density at radius 1 is 1.42 bits per heavy atom. The quantitative estimate of drug-likeness (QED) is 0.738. The highest BCUT2D eigenvalue weighted by molar-refractivity contribution is 5.97. The van der Waals surface area contributed by atoms with E-state index in [2.05, 4.69) is 5.32 Å². The normalized spacial score (nSPS) is 15.6. The second-order valence-electron chi connectivity index (χ2n) is 4.51. The number of aliphatic carboxylic acids is 1. The second-order valence-corrected chi connectivity index (χ2v) is 4.51. The first-order valence-corrected chi connectivity index (χ1v) is 5.93. The molecule has 0 saturated heterocycles. The number of phenolic OH excluding ortho intramolecular Hbond substituents is 1. The number of carboxylic acid groups (broad SMARTS) is 1. The first kappa shape index (κ1) is 13.2. The van der Waals surface area contributed by atoms with Crippen LogP contribution in [0.5, 0.6) is 11.5 Å². The van der Waals surface area contributed by atoms with E-state index >= 15 is 0 Å². The van der Waals surface area contributed by atoms with E-state index in [9.17, 15) is 14.7 Å². The lowest BCUT2D eigenvalue weighted by Gasteiger charge is -2.14.